The summed E-state index contributed by atoms with van der Waals surface area (Å²) in [6.07, 6.45) is 0.899. The number of halogens is 1. The number of ether oxygens (including phenoxy) is 1. The predicted octanol–water partition coefficient (Wildman–Crippen LogP) is 4.00. The van der Waals surface area contributed by atoms with Crippen molar-refractivity contribution in [2.45, 2.75) is 59.4 Å². The summed E-state index contributed by atoms with van der Waals surface area (Å²) in [7, 11) is 0. The molecule has 0 aliphatic rings. The van der Waals surface area contributed by atoms with Crippen LogP contribution in [0.1, 0.15) is 51.3 Å². The zero-order chi connectivity index (χ0) is 13.9. The Balaban J connectivity index is 0.00000324. The van der Waals surface area contributed by atoms with Gasteiger partial charge in [0.25, 0.3) is 0 Å². The van der Waals surface area contributed by atoms with Gasteiger partial charge in [0.2, 0.25) is 0 Å². The van der Waals surface area contributed by atoms with Gasteiger partial charge in [-0.25, -0.2) is 0 Å². The molecule has 1 unspecified atom stereocenters. The van der Waals surface area contributed by atoms with Gasteiger partial charge in [0.05, 0.1) is 6.61 Å². The summed E-state index contributed by atoms with van der Waals surface area (Å²) in [5, 5.41) is 0. The third kappa shape index (κ3) is 5.04. The fourth-order valence-electron chi connectivity index (χ4n) is 2.16. The number of benzene rings is 1. The molecular weight excluding hydrogens is 258 g/mol. The van der Waals surface area contributed by atoms with Crippen LogP contribution in [0.5, 0.6) is 5.75 Å². The first-order valence-corrected chi connectivity index (χ1v) is 6.78. The van der Waals surface area contributed by atoms with Gasteiger partial charge >= 0.3 is 0 Å². The minimum atomic E-state index is 0. The molecule has 2 N–H and O–H groups in total. The number of rotatable bonds is 4. The van der Waals surface area contributed by atoms with E-state index in [9.17, 15) is 0 Å². The van der Waals surface area contributed by atoms with Crippen molar-refractivity contribution in [2.24, 2.45) is 5.73 Å². The lowest BCUT2D eigenvalue weighted by molar-refractivity contribution is 0.329. The maximum Gasteiger partial charge on any atom is 0.123 e. The monoisotopic (exact) mass is 285 g/mol. The highest BCUT2D eigenvalue weighted by Gasteiger charge is 2.20. The smallest absolute Gasteiger partial charge is 0.123 e. The zero-order valence-corrected chi connectivity index (χ0v) is 13.9. The van der Waals surface area contributed by atoms with Gasteiger partial charge in [-0.05, 0) is 55.4 Å². The summed E-state index contributed by atoms with van der Waals surface area (Å²) in [6.45, 7) is 13.6. The van der Waals surface area contributed by atoms with Crippen molar-refractivity contribution in [3.63, 3.8) is 0 Å². The van der Waals surface area contributed by atoms with E-state index in [0.29, 0.717) is 6.61 Å². The minimum absolute atomic E-state index is 0. The van der Waals surface area contributed by atoms with Crippen LogP contribution < -0.4 is 10.5 Å². The van der Waals surface area contributed by atoms with Crippen LogP contribution in [0.2, 0.25) is 0 Å². The van der Waals surface area contributed by atoms with Crippen LogP contribution in [0.15, 0.2) is 12.1 Å². The first-order chi connectivity index (χ1) is 8.25. The Kier molecular flexibility index (Phi) is 6.88. The summed E-state index contributed by atoms with van der Waals surface area (Å²) in [5.41, 5.74) is 9.87. The average Bonchev–Trinajstić information content (AvgIpc) is 2.20. The van der Waals surface area contributed by atoms with E-state index >= 15 is 0 Å². The summed E-state index contributed by atoms with van der Waals surface area (Å²) in [4.78, 5) is 0. The maximum absolute atomic E-state index is 5.90. The minimum Gasteiger partial charge on any atom is -0.494 e. The molecule has 1 aromatic rings. The van der Waals surface area contributed by atoms with Crippen LogP contribution in [-0.2, 0) is 11.8 Å². The molecule has 0 saturated carbocycles. The molecule has 0 aromatic heterocycles. The Morgan fingerprint density at radius 2 is 1.84 bits per heavy atom. The van der Waals surface area contributed by atoms with Gasteiger partial charge in [0.1, 0.15) is 5.75 Å². The Morgan fingerprint density at radius 3 is 2.26 bits per heavy atom. The fraction of sp³-hybridized carbons (Fsp3) is 0.625. The third-order valence-electron chi connectivity index (χ3n) is 3.09. The van der Waals surface area contributed by atoms with Crippen molar-refractivity contribution in [1.29, 1.82) is 0 Å². The van der Waals surface area contributed by atoms with E-state index in [4.69, 9.17) is 10.5 Å². The molecule has 3 heteroatoms. The number of hydrogen-bond donors (Lipinski definition) is 1. The third-order valence-corrected chi connectivity index (χ3v) is 3.09. The van der Waals surface area contributed by atoms with Gasteiger partial charge in [-0.3, -0.25) is 0 Å². The van der Waals surface area contributed by atoms with Crippen LogP contribution in [0.25, 0.3) is 0 Å². The molecule has 0 bridgehead atoms. The Hall–Kier alpha value is -0.730. The largest absolute Gasteiger partial charge is 0.494 e. The molecule has 110 valence electrons. The van der Waals surface area contributed by atoms with Gasteiger partial charge < -0.3 is 10.5 Å². The molecule has 19 heavy (non-hydrogen) atoms. The van der Waals surface area contributed by atoms with E-state index in [0.717, 1.165) is 12.2 Å². The molecule has 1 atom stereocenters. The van der Waals surface area contributed by atoms with Crippen molar-refractivity contribution >= 4 is 12.4 Å². The fourth-order valence-corrected chi connectivity index (χ4v) is 2.16. The number of nitrogens with two attached hydrogens (primary N) is 1. The number of hydrogen-bond acceptors (Lipinski definition) is 2. The van der Waals surface area contributed by atoms with E-state index in [1.807, 2.05) is 13.8 Å². The second kappa shape index (κ2) is 7.16. The SMILES string of the molecule is CCOc1cc(CC(C)N)c(C)cc1C(C)(C)C.Cl. The molecule has 0 spiro atoms. The molecule has 0 radical (unpaired) electrons. The van der Waals surface area contributed by atoms with Gasteiger partial charge in [-0.2, -0.15) is 0 Å². The molecule has 2 nitrogen and oxygen atoms in total. The van der Waals surface area contributed by atoms with Crippen molar-refractivity contribution in [2.75, 3.05) is 6.61 Å². The lowest BCUT2D eigenvalue weighted by atomic mass is 9.84. The summed E-state index contributed by atoms with van der Waals surface area (Å²) >= 11 is 0. The second-order valence-electron chi connectivity index (χ2n) is 6.14. The first kappa shape index (κ1) is 18.3. The van der Waals surface area contributed by atoms with Crippen molar-refractivity contribution in [3.05, 3.63) is 28.8 Å². The van der Waals surface area contributed by atoms with Crippen LogP contribution in [0, 0.1) is 6.92 Å². The van der Waals surface area contributed by atoms with Gasteiger partial charge in [-0.15, -0.1) is 12.4 Å². The molecule has 0 fully saturated rings. The molecule has 1 aromatic carbocycles. The maximum atomic E-state index is 5.90. The Labute approximate surface area is 124 Å². The molecule has 0 amide bonds. The topological polar surface area (TPSA) is 35.2 Å². The Bertz CT molecular complexity index is 408. The number of aryl methyl sites for hydroxylation is 1. The van der Waals surface area contributed by atoms with Gasteiger partial charge in [-0.1, -0.05) is 26.8 Å². The molecule has 0 saturated heterocycles. The van der Waals surface area contributed by atoms with E-state index in [2.05, 4.69) is 39.8 Å². The molecule has 0 heterocycles. The van der Waals surface area contributed by atoms with E-state index < -0.39 is 0 Å². The molecule has 0 aliphatic carbocycles. The van der Waals surface area contributed by atoms with E-state index in [1.54, 1.807) is 0 Å². The zero-order valence-electron chi connectivity index (χ0n) is 13.0. The first-order valence-electron chi connectivity index (χ1n) is 6.78. The van der Waals surface area contributed by atoms with Crippen LogP contribution in [0.3, 0.4) is 0 Å². The van der Waals surface area contributed by atoms with Gasteiger partial charge in [0.15, 0.2) is 0 Å². The average molecular weight is 286 g/mol. The van der Waals surface area contributed by atoms with Gasteiger partial charge in [0, 0.05) is 6.04 Å². The summed E-state index contributed by atoms with van der Waals surface area (Å²) in [5.74, 6) is 1.01. The quantitative estimate of drug-likeness (QED) is 0.907. The van der Waals surface area contributed by atoms with Crippen molar-refractivity contribution in [3.8, 4) is 5.75 Å². The molecule has 1 rings (SSSR count). The normalized spacial score (nSPS) is 12.8. The molecule has 0 aliphatic heterocycles. The summed E-state index contributed by atoms with van der Waals surface area (Å²) in [6, 6.07) is 4.60. The van der Waals surface area contributed by atoms with Crippen molar-refractivity contribution in [1.82, 2.24) is 0 Å². The summed E-state index contributed by atoms with van der Waals surface area (Å²) < 4.78 is 5.80. The van der Waals surface area contributed by atoms with Crippen LogP contribution in [0.4, 0.5) is 0 Å². The van der Waals surface area contributed by atoms with Crippen molar-refractivity contribution < 1.29 is 4.74 Å². The second-order valence-corrected chi connectivity index (χ2v) is 6.14. The lowest BCUT2D eigenvalue weighted by Crippen LogP contribution is -2.19. The predicted molar refractivity (Wildman–Crippen MR) is 85.6 cm³/mol. The Morgan fingerprint density at radius 1 is 1.26 bits per heavy atom. The highest BCUT2D eigenvalue weighted by atomic mass is 35.5. The van der Waals surface area contributed by atoms with Crippen LogP contribution in [-0.4, -0.2) is 12.6 Å². The standard InChI is InChI=1S/C16H27NO.ClH/c1-7-18-15-10-13(9-12(3)17)11(2)8-14(15)16(4,5)6;/h8,10,12H,7,9,17H2,1-6H3;1H. The van der Waals surface area contributed by atoms with E-state index in [-0.39, 0.29) is 23.9 Å². The highest BCUT2D eigenvalue weighted by Crippen LogP contribution is 2.34. The molecular formula is C16H28ClNO. The van der Waals surface area contributed by atoms with Crippen LogP contribution >= 0.6 is 12.4 Å². The van der Waals surface area contributed by atoms with E-state index in [1.165, 1.54) is 16.7 Å². The lowest BCUT2D eigenvalue weighted by Gasteiger charge is -2.25. The highest BCUT2D eigenvalue weighted by molar-refractivity contribution is 5.85.